The second kappa shape index (κ2) is 10.2. The Morgan fingerprint density at radius 2 is 1.42 bits per heavy atom. The summed E-state index contributed by atoms with van der Waals surface area (Å²) in [5.74, 6) is -0.750. The first-order valence-corrected chi connectivity index (χ1v) is 9.77. The number of hydrogen-bond donors (Lipinski definition) is 0. The first-order valence-electron chi connectivity index (χ1n) is 9.77. The Labute approximate surface area is 180 Å². The lowest BCUT2D eigenvalue weighted by atomic mass is 10.0. The van der Waals surface area contributed by atoms with E-state index in [1.807, 2.05) is 0 Å². The molecule has 164 valence electrons. The Hall–Kier alpha value is -3.23. The van der Waals surface area contributed by atoms with Crippen LogP contribution in [0.5, 0.6) is 5.75 Å². The van der Waals surface area contributed by atoms with Crippen LogP contribution in [0.25, 0.3) is 5.57 Å². The highest BCUT2D eigenvalue weighted by Gasteiger charge is 2.42. The number of anilines is 1. The van der Waals surface area contributed by atoms with Crippen molar-refractivity contribution >= 4 is 23.1 Å². The van der Waals surface area contributed by atoms with Crippen LogP contribution >= 0.6 is 0 Å². The SMILES string of the molecule is COCCN(CCOC)C1=C(c2ccc(F)cc2)C(=O)N(c2ccc(OC)cc2)C1=O. The zero-order valence-electron chi connectivity index (χ0n) is 17.8. The molecule has 0 aromatic heterocycles. The molecule has 0 bridgehead atoms. The minimum absolute atomic E-state index is 0.216. The number of halogens is 1. The van der Waals surface area contributed by atoms with Crippen LogP contribution in [0.2, 0.25) is 0 Å². The normalized spacial score (nSPS) is 13.9. The Kier molecular flexibility index (Phi) is 7.38. The number of benzene rings is 2. The van der Waals surface area contributed by atoms with Crippen molar-refractivity contribution in [1.82, 2.24) is 4.90 Å². The molecule has 0 unspecified atom stereocenters. The van der Waals surface area contributed by atoms with Gasteiger partial charge in [0.05, 0.1) is 31.6 Å². The van der Waals surface area contributed by atoms with Crippen LogP contribution in [-0.4, -0.2) is 64.3 Å². The van der Waals surface area contributed by atoms with Gasteiger partial charge in [-0.15, -0.1) is 0 Å². The molecule has 3 rings (SSSR count). The summed E-state index contributed by atoms with van der Waals surface area (Å²) in [6, 6.07) is 12.2. The summed E-state index contributed by atoms with van der Waals surface area (Å²) in [6.07, 6.45) is 0. The largest absolute Gasteiger partial charge is 0.497 e. The first kappa shape index (κ1) is 22.5. The maximum Gasteiger partial charge on any atom is 0.282 e. The van der Waals surface area contributed by atoms with E-state index in [4.69, 9.17) is 14.2 Å². The molecule has 0 radical (unpaired) electrons. The molecule has 0 saturated heterocycles. The summed E-state index contributed by atoms with van der Waals surface area (Å²) < 4.78 is 29.1. The van der Waals surface area contributed by atoms with E-state index >= 15 is 0 Å². The average Bonchev–Trinajstić information content (AvgIpc) is 3.04. The quantitative estimate of drug-likeness (QED) is 0.542. The van der Waals surface area contributed by atoms with Gasteiger partial charge in [0.15, 0.2) is 0 Å². The number of rotatable bonds is 10. The van der Waals surface area contributed by atoms with E-state index in [-0.39, 0.29) is 11.3 Å². The molecule has 1 aliphatic rings. The number of nitrogens with zero attached hydrogens (tertiary/aromatic N) is 2. The summed E-state index contributed by atoms with van der Waals surface area (Å²) in [5, 5.41) is 0. The molecule has 2 aromatic carbocycles. The molecule has 1 aliphatic heterocycles. The van der Waals surface area contributed by atoms with Crippen LogP contribution in [0.15, 0.2) is 54.2 Å². The van der Waals surface area contributed by atoms with Crippen LogP contribution in [0, 0.1) is 5.82 Å². The fourth-order valence-corrected chi connectivity index (χ4v) is 3.39. The highest BCUT2D eigenvalue weighted by atomic mass is 19.1. The smallest absolute Gasteiger partial charge is 0.282 e. The minimum Gasteiger partial charge on any atom is -0.497 e. The van der Waals surface area contributed by atoms with Crippen molar-refractivity contribution in [3.63, 3.8) is 0 Å². The molecule has 0 saturated carbocycles. The van der Waals surface area contributed by atoms with Crippen molar-refractivity contribution in [1.29, 1.82) is 0 Å². The predicted molar refractivity (Wildman–Crippen MR) is 114 cm³/mol. The van der Waals surface area contributed by atoms with Crippen LogP contribution in [0.1, 0.15) is 5.56 Å². The summed E-state index contributed by atoms with van der Waals surface area (Å²) in [4.78, 5) is 29.9. The lowest BCUT2D eigenvalue weighted by molar-refractivity contribution is -0.120. The third-order valence-electron chi connectivity index (χ3n) is 4.97. The standard InChI is InChI=1S/C23H25FN2O5/c1-29-14-12-25(13-15-30-2)21-20(16-4-6-17(24)7-5-16)22(27)26(23(21)28)18-8-10-19(31-3)11-9-18/h4-11H,12-15H2,1-3H3. The number of carbonyl (C=O) groups excluding carboxylic acids is 2. The number of ether oxygens (including phenoxy) is 3. The van der Waals surface area contributed by atoms with E-state index in [9.17, 15) is 14.0 Å². The van der Waals surface area contributed by atoms with Crippen molar-refractivity contribution in [3.05, 3.63) is 65.6 Å². The zero-order chi connectivity index (χ0) is 22.4. The van der Waals surface area contributed by atoms with E-state index in [1.165, 1.54) is 31.4 Å². The number of methoxy groups -OCH3 is 3. The van der Waals surface area contributed by atoms with E-state index in [2.05, 4.69) is 0 Å². The van der Waals surface area contributed by atoms with Gasteiger partial charge in [-0.2, -0.15) is 0 Å². The van der Waals surface area contributed by atoms with Crippen LogP contribution < -0.4 is 9.64 Å². The molecule has 31 heavy (non-hydrogen) atoms. The lowest BCUT2D eigenvalue weighted by Gasteiger charge is -2.25. The molecule has 1 heterocycles. The Bertz CT molecular complexity index is 949. The third kappa shape index (κ3) is 4.76. The van der Waals surface area contributed by atoms with E-state index < -0.39 is 17.6 Å². The maximum atomic E-state index is 13.5. The second-order valence-corrected chi connectivity index (χ2v) is 6.85. The molecule has 7 nitrogen and oxygen atoms in total. The van der Waals surface area contributed by atoms with Gasteiger partial charge in [-0.1, -0.05) is 12.1 Å². The molecular weight excluding hydrogens is 403 g/mol. The van der Waals surface area contributed by atoms with Crippen molar-refractivity contribution in [3.8, 4) is 5.75 Å². The highest BCUT2D eigenvalue weighted by Crippen LogP contribution is 2.35. The number of amides is 2. The van der Waals surface area contributed by atoms with Crippen molar-refractivity contribution < 1.29 is 28.2 Å². The predicted octanol–water partition coefficient (Wildman–Crippen LogP) is 2.71. The highest BCUT2D eigenvalue weighted by molar-refractivity contribution is 6.45. The fourth-order valence-electron chi connectivity index (χ4n) is 3.39. The topological polar surface area (TPSA) is 68.3 Å². The third-order valence-corrected chi connectivity index (χ3v) is 4.97. The van der Waals surface area contributed by atoms with Crippen molar-refractivity contribution in [2.75, 3.05) is 52.5 Å². The maximum absolute atomic E-state index is 13.5. The van der Waals surface area contributed by atoms with Crippen LogP contribution in [0.4, 0.5) is 10.1 Å². The zero-order valence-corrected chi connectivity index (χ0v) is 17.8. The average molecular weight is 428 g/mol. The molecule has 0 atom stereocenters. The van der Waals surface area contributed by atoms with E-state index in [0.717, 1.165) is 4.90 Å². The number of hydrogen-bond acceptors (Lipinski definition) is 6. The lowest BCUT2D eigenvalue weighted by Crippen LogP contribution is -2.37. The van der Waals surface area contributed by atoms with Gasteiger partial charge in [0.2, 0.25) is 0 Å². The molecule has 0 aliphatic carbocycles. The summed E-state index contributed by atoms with van der Waals surface area (Å²) >= 11 is 0. The van der Waals surface area contributed by atoms with Gasteiger partial charge in [0.25, 0.3) is 11.8 Å². The molecule has 0 fully saturated rings. The summed E-state index contributed by atoms with van der Waals surface area (Å²) in [5.41, 5.74) is 1.34. The molecule has 0 spiro atoms. The Morgan fingerprint density at radius 3 is 1.94 bits per heavy atom. The monoisotopic (exact) mass is 428 g/mol. The van der Waals surface area contributed by atoms with E-state index in [1.54, 1.807) is 43.4 Å². The van der Waals surface area contributed by atoms with Gasteiger partial charge in [0.1, 0.15) is 17.3 Å². The Morgan fingerprint density at radius 1 is 0.839 bits per heavy atom. The van der Waals surface area contributed by atoms with Gasteiger partial charge in [0, 0.05) is 27.3 Å². The van der Waals surface area contributed by atoms with Gasteiger partial charge in [-0.25, -0.2) is 9.29 Å². The molecular formula is C23H25FN2O5. The second-order valence-electron chi connectivity index (χ2n) is 6.85. The van der Waals surface area contributed by atoms with Crippen molar-refractivity contribution in [2.24, 2.45) is 0 Å². The van der Waals surface area contributed by atoms with E-state index in [0.29, 0.717) is 43.3 Å². The van der Waals surface area contributed by atoms with Crippen LogP contribution in [0.3, 0.4) is 0 Å². The van der Waals surface area contributed by atoms with Crippen molar-refractivity contribution in [2.45, 2.75) is 0 Å². The molecule has 2 amide bonds. The van der Waals surface area contributed by atoms with Gasteiger partial charge in [-0.3, -0.25) is 9.59 Å². The minimum atomic E-state index is -0.475. The van der Waals surface area contributed by atoms with Gasteiger partial charge >= 0.3 is 0 Å². The molecule has 8 heteroatoms. The molecule has 0 N–H and O–H groups in total. The fraction of sp³-hybridized carbons (Fsp3) is 0.304. The van der Waals surface area contributed by atoms with Gasteiger partial charge in [-0.05, 0) is 42.0 Å². The van der Waals surface area contributed by atoms with Gasteiger partial charge < -0.3 is 19.1 Å². The molecule has 2 aromatic rings. The van der Waals surface area contributed by atoms with Crippen LogP contribution in [-0.2, 0) is 19.1 Å². The Balaban J connectivity index is 2.09. The first-order chi connectivity index (χ1) is 15.0. The number of carbonyl (C=O) groups is 2. The number of imide groups is 1. The summed E-state index contributed by atoms with van der Waals surface area (Å²) in [6.45, 7) is 1.48. The summed E-state index contributed by atoms with van der Waals surface area (Å²) in [7, 11) is 4.67.